The van der Waals surface area contributed by atoms with Crippen LogP contribution in [0.15, 0.2) is 18.2 Å². The molecule has 0 fully saturated rings. The molecule has 1 aromatic rings. The van der Waals surface area contributed by atoms with Crippen molar-refractivity contribution in [1.29, 1.82) is 0 Å². The molecule has 15 heavy (non-hydrogen) atoms. The van der Waals surface area contributed by atoms with Gasteiger partial charge in [0.05, 0.1) is 0 Å². The summed E-state index contributed by atoms with van der Waals surface area (Å²) in [5, 5.41) is 0.764. The van der Waals surface area contributed by atoms with Gasteiger partial charge in [-0.2, -0.15) is 0 Å². The van der Waals surface area contributed by atoms with Crippen molar-refractivity contribution in [2.45, 2.75) is 33.2 Å². The minimum absolute atomic E-state index is 0.184. The van der Waals surface area contributed by atoms with Gasteiger partial charge in [-0.3, -0.25) is 11.3 Å². The molecule has 1 aromatic carbocycles. The molecule has 2 nitrogen and oxygen atoms in total. The summed E-state index contributed by atoms with van der Waals surface area (Å²) in [6, 6.07) is 6.11. The minimum Gasteiger partial charge on any atom is -0.271 e. The molecule has 1 atom stereocenters. The van der Waals surface area contributed by atoms with Crippen molar-refractivity contribution in [1.82, 2.24) is 5.43 Å². The number of hydrogen-bond donors (Lipinski definition) is 2. The van der Waals surface area contributed by atoms with E-state index in [0.717, 1.165) is 11.4 Å². The number of halogens is 1. The van der Waals surface area contributed by atoms with Crippen molar-refractivity contribution in [2.24, 2.45) is 11.8 Å². The van der Waals surface area contributed by atoms with E-state index in [2.05, 4.69) is 26.2 Å². The fraction of sp³-hybridized carbons (Fsp3) is 0.500. The van der Waals surface area contributed by atoms with Crippen LogP contribution in [0.1, 0.15) is 37.4 Å². The summed E-state index contributed by atoms with van der Waals surface area (Å²) < 4.78 is 0. The summed E-state index contributed by atoms with van der Waals surface area (Å²) in [5.41, 5.74) is 5.28. The van der Waals surface area contributed by atoms with Crippen LogP contribution in [0.25, 0.3) is 0 Å². The topological polar surface area (TPSA) is 38.0 Å². The molecule has 84 valence electrons. The van der Waals surface area contributed by atoms with E-state index in [-0.39, 0.29) is 6.04 Å². The van der Waals surface area contributed by atoms with E-state index in [0.29, 0.717) is 5.92 Å². The maximum Gasteiger partial charge on any atom is 0.0465 e. The van der Waals surface area contributed by atoms with Crippen LogP contribution in [0.4, 0.5) is 0 Å². The number of nitrogens with one attached hydrogen (secondary N) is 1. The summed E-state index contributed by atoms with van der Waals surface area (Å²) in [4.78, 5) is 0. The third-order valence-electron chi connectivity index (χ3n) is 2.52. The fourth-order valence-electron chi connectivity index (χ4n) is 1.74. The van der Waals surface area contributed by atoms with Gasteiger partial charge in [0.15, 0.2) is 0 Å². The highest BCUT2D eigenvalue weighted by Gasteiger charge is 2.14. The third kappa shape index (κ3) is 3.49. The number of hydrazine groups is 1. The van der Waals surface area contributed by atoms with Crippen LogP contribution in [-0.2, 0) is 0 Å². The van der Waals surface area contributed by atoms with Crippen molar-refractivity contribution < 1.29 is 0 Å². The first kappa shape index (κ1) is 12.5. The van der Waals surface area contributed by atoms with Crippen LogP contribution in [-0.4, -0.2) is 0 Å². The molecule has 1 unspecified atom stereocenters. The van der Waals surface area contributed by atoms with E-state index in [9.17, 15) is 0 Å². The molecule has 0 bridgehead atoms. The van der Waals surface area contributed by atoms with Gasteiger partial charge in [-0.1, -0.05) is 31.5 Å². The first-order valence-corrected chi connectivity index (χ1v) is 5.64. The monoisotopic (exact) mass is 226 g/mol. The summed E-state index contributed by atoms with van der Waals surface area (Å²) in [5.74, 6) is 6.18. The zero-order chi connectivity index (χ0) is 11.4. The third-order valence-corrected chi connectivity index (χ3v) is 2.76. The van der Waals surface area contributed by atoms with Crippen LogP contribution in [0.2, 0.25) is 5.02 Å². The SMILES string of the molecule is Cc1ccc(Cl)cc1C(CC(C)C)NN. The second kappa shape index (κ2) is 5.50. The van der Waals surface area contributed by atoms with Crippen molar-refractivity contribution in [3.8, 4) is 0 Å². The van der Waals surface area contributed by atoms with E-state index in [4.69, 9.17) is 17.4 Å². The second-order valence-electron chi connectivity index (χ2n) is 4.35. The van der Waals surface area contributed by atoms with Gasteiger partial charge in [0.25, 0.3) is 0 Å². The highest BCUT2D eigenvalue weighted by atomic mass is 35.5. The lowest BCUT2D eigenvalue weighted by Crippen LogP contribution is -2.29. The highest BCUT2D eigenvalue weighted by Crippen LogP contribution is 2.26. The predicted molar refractivity (Wildman–Crippen MR) is 65.7 cm³/mol. The van der Waals surface area contributed by atoms with E-state index < -0.39 is 0 Å². The molecule has 3 heteroatoms. The Hall–Kier alpha value is -0.570. The number of rotatable bonds is 4. The van der Waals surface area contributed by atoms with Crippen molar-refractivity contribution in [3.05, 3.63) is 34.3 Å². The summed E-state index contributed by atoms with van der Waals surface area (Å²) >= 11 is 5.99. The predicted octanol–water partition coefficient (Wildman–Crippen LogP) is 3.20. The zero-order valence-electron chi connectivity index (χ0n) is 9.55. The van der Waals surface area contributed by atoms with Gasteiger partial charge in [-0.05, 0) is 42.5 Å². The largest absolute Gasteiger partial charge is 0.271 e. The molecule has 0 spiro atoms. The molecular weight excluding hydrogens is 208 g/mol. The van der Waals surface area contributed by atoms with Gasteiger partial charge < -0.3 is 0 Å². The number of benzene rings is 1. The molecule has 0 aliphatic rings. The van der Waals surface area contributed by atoms with E-state index in [1.165, 1.54) is 11.1 Å². The molecular formula is C12H19ClN2. The molecule has 0 radical (unpaired) electrons. The standard InChI is InChI=1S/C12H19ClN2/c1-8(2)6-12(15-14)11-7-10(13)5-4-9(11)3/h4-5,7-8,12,15H,6,14H2,1-3H3. The Kier molecular flexibility index (Phi) is 4.58. The lowest BCUT2D eigenvalue weighted by atomic mass is 9.94. The van der Waals surface area contributed by atoms with Crippen LogP contribution in [0.5, 0.6) is 0 Å². The molecule has 0 saturated carbocycles. The maximum atomic E-state index is 5.99. The van der Waals surface area contributed by atoms with Crippen LogP contribution < -0.4 is 11.3 Å². The quantitative estimate of drug-likeness (QED) is 0.611. The average Bonchev–Trinajstić information content (AvgIpc) is 2.18. The molecule has 3 N–H and O–H groups in total. The van der Waals surface area contributed by atoms with Gasteiger partial charge in [0, 0.05) is 11.1 Å². The van der Waals surface area contributed by atoms with Crippen LogP contribution in [0, 0.1) is 12.8 Å². The van der Waals surface area contributed by atoms with Gasteiger partial charge in [0.2, 0.25) is 0 Å². The normalized spacial score (nSPS) is 13.2. The van der Waals surface area contributed by atoms with Crippen molar-refractivity contribution >= 4 is 11.6 Å². The zero-order valence-corrected chi connectivity index (χ0v) is 10.3. The Morgan fingerprint density at radius 2 is 2.07 bits per heavy atom. The first-order chi connectivity index (χ1) is 7.04. The minimum atomic E-state index is 0.184. The van der Waals surface area contributed by atoms with Gasteiger partial charge in [0.1, 0.15) is 0 Å². The molecule has 0 heterocycles. The first-order valence-electron chi connectivity index (χ1n) is 5.26. The summed E-state index contributed by atoms with van der Waals surface area (Å²) in [6.07, 6.45) is 1.01. The summed E-state index contributed by atoms with van der Waals surface area (Å²) in [6.45, 7) is 6.45. The second-order valence-corrected chi connectivity index (χ2v) is 4.79. The van der Waals surface area contributed by atoms with Gasteiger partial charge >= 0.3 is 0 Å². The highest BCUT2D eigenvalue weighted by molar-refractivity contribution is 6.30. The van der Waals surface area contributed by atoms with E-state index >= 15 is 0 Å². The smallest absolute Gasteiger partial charge is 0.0465 e. The van der Waals surface area contributed by atoms with Crippen molar-refractivity contribution in [2.75, 3.05) is 0 Å². The maximum absolute atomic E-state index is 5.99. The van der Waals surface area contributed by atoms with Gasteiger partial charge in [-0.15, -0.1) is 0 Å². The fourth-order valence-corrected chi connectivity index (χ4v) is 1.92. The number of aryl methyl sites for hydroxylation is 1. The lowest BCUT2D eigenvalue weighted by Gasteiger charge is -2.20. The van der Waals surface area contributed by atoms with Crippen molar-refractivity contribution in [3.63, 3.8) is 0 Å². The lowest BCUT2D eigenvalue weighted by molar-refractivity contribution is 0.437. The van der Waals surface area contributed by atoms with E-state index in [1.54, 1.807) is 0 Å². The molecule has 0 amide bonds. The Bertz CT molecular complexity index is 323. The molecule has 0 saturated heterocycles. The Labute approximate surface area is 96.8 Å². The molecule has 0 aliphatic heterocycles. The molecule has 0 aliphatic carbocycles. The Morgan fingerprint density at radius 1 is 1.40 bits per heavy atom. The average molecular weight is 227 g/mol. The Morgan fingerprint density at radius 3 is 2.60 bits per heavy atom. The van der Waals surface area contributed by atoms with Crippen LogP contribution in [0.3, 0.4) is 0 Å². The molecule has 1 rings (SSSR count). The molecule has 0 aromatic heterocycles. The number of hydrogen-bond acceptors (Lipinski definition) is 2. The van der Waals surface area contributed by atoms with E-state index in [1.807, 2.05) is 18.2 Å². The Balaban J connectivity index is 2.95. The summed E-state index contributed by atoms with van der Waals surface area (Å²) in [7, 11) is 0. The number of nitrogens with two attached hydrogens (primary N) is 1. The van der Waals surface area contributed by atoms with Crippen LogP contribution >= 0.6 is 11.6 Å². The van der Waals surface area contributed by atoms with Gasteiger partial charge in [-0.25, -0.2) is 0 Å².